The summed E-state index contributed by atoms with van der Waals surface area (Å²) in [5.74, 6) is 1.13. The fourth-order valence-electron chi connectivity index (χ4n) is 2.14. The highest BCUT2D eigenvalue weighted by Crippen LogP contribution is 2.31. The number of anilines is 1. The Labute approximate surface area is 134 Å². The number of carbonyl (C=O) groups excluding carboxylic acids is 1. The first kappa shape index (κ1) is 14.8. The molecule has 0 unspecified atom stereocenters. The molecule has 4 nitrogen and oxygen atoms in total. The van der Waals surface area contributed by atoms with E-state index in [1.165, 1.54) is 6.20 Å². The molecule has 1 aromatic heterocycles. The zero-order valence-electron chi connectivity index (χ0n) is 12.7. The fraction of sp³-hybridized carbons (Fsp3) is 0.0526. The van der Waals surface area contributed by atoms with Crippen molar-refractivity contribution in [2.45, 2.75) is 6.92 Å². The van der Waals surface area contributed by atoms with E-state index < -0.39 is 0 Å². The van der Waals surface area contributed by atoms with Crippen molar-refractivity contribution in [1.29, 1.82) is 0 Å². The van der Waals surface area contributed by atoms with Crippen LogP contribution in [0.3, 0.4) is 0 Å². The quantitative estimate of drug-likeness (QED) is 0.775. The number of para-hydroxylation sites is 3. The summed E-state index contributed by atoms with van der Waals surface area (Å²) >= 11 is 0. The zero-order valence-corrected chi connectivity index (χ0v) is 12.7. The monoisotopic (exact) mass is 304 g/mol. The minimum Gasteiger partial charge on any atom is -0.455 e. The highest BCUT2D eigenvalue weighted by molar-refractivity contribution is 6.04. The smallest absolute Gasteiger partial charge is 0.257 e. The third kappa shape index (κ3) is 3.55. The first-order valence-corrected chi connectivity index (χ1v) is 7.28. The number of carbonyl (C=O) groups is 1. The largest absolute Gasteiger partial charge is 0.455 e. The van der Waals surface area contributed by atoms with E-state index in [2.05, 4.69) is 10.3 Å². The van der Waals surface area contributed by atoms with Crippen LogP contribution >= 0.6 is 0 Å². The Kier molecular flexibility index (Phi) is 4.34. The Bertz CT molecular complexity index is 816. The van der Waals surface area contributed by atoms with E-state index >= 15 is 0 Å². The second-order valence-electron chi connectivity index (χ2n) is 5.06. The molecule has 114 valence electrons. The topological polar surface area (TPSA) is 51.2 Å². The molecule has 0 saturated carbocycles. The number of nitrogens with one attached hydrogen (secondary N) is 1. The van der Waals surface area contributed by atoms with Crippen LogP contribution in [0.1, 0.15) is 15.9 Å². The van der Waals surface area contributed by atoms with Crippen molar-refractivity contribution in [3.63, 3.8) is 0 Å². The van der Waals surface area contributed by atoms with Crippen molar-refractivity contribution in [3.8, 4) is 11.5 Å². The lowest BCUT2D eigenvalue weighted by Gasteiger charge is -2.13. The zero-order chi connectivity index (χ0) is 16.1. The Hall–Kier alpha value is -3.14. The summed E-state index contributed by atoms with van der Waals surface area (Å²) in [5, 5.41) is 2.86. The molecule has 0 aliphatic rings. The maximum Gasteiger partial charge on any atom is 0.257 e. The van der Waals surface area contributed by atoms with Gasteiger partial charge in [0.05, 0.1) is 11.3 Å². The molecule has 4 heteroatoms. The van der Waals surface area contributed by atoms with E-state index in [4.69, 9.17) is 4.74 Å². The molecule has 1 N–H and O–H groups in total. The van der Waals surface area contributed by atoms with Crippen LogP contribution in [0.5, 0.6) is 11.5 Å². The van der Waals surface area contributed by atoms with Crippen molar-refractivity contribution >= 4 is 11.6 Å². The first-order valence-electron chi connectivity index (χ1n) is 7.28. The lowest BCUT2D eigenvalue weighted by molar-refractivity contribution is 0.102. The molecule has 0 aliphatic carbocycles. The number of hydrogen-bond donors (Lipinski definition) is 1. The van der Waals surface area contributed by atoms with Gasteiger partial charge in [0.25, 0.3) is 5.91 Å². The van der Waals surface area contributed by atoms with Gasteiger partial charge in [-0.3, -0.25) is 9.78 Å². The number of hydrogen-bond acceptors (Lipinski definition) is 3. The Morgan fingerprint density at radius 1 is 0.957 bits per heavy atom. The van der Waals surface area contributed by atoms with E-state index in [0.29, 0.717) is 17.0 Å². The number of rotatable bonds is 4. The molecular formula is C19H16N2O2. The van der Waals surface area contributed by atoms with Crippen LogP contribution in [-0.4, -0.2) is 10.9 Å². The van der Waals surface area contributed by atoms with E-state index in [9.17, 15) is 4.79 Å². The van der Waals surface area contributed by atoms with Gasteiger partial charge in [-0.1, -0.05) is 30.3 Å². The third-order valence-corrected chi connectivity index (χ3v) is 3.37. The van der Waals surface area contributed by atoms with Gasteiger partial charge < -0.3 is 10.1 Å². The highest BCUT2D eigenvalue weighted by Gasteiger charge is 2.11. The number of ether oxygens (including phenoxy) is 1. The van der Waals surface area contributed by atoms with Gasteiger partial charge in [0.2, 0.25) is 0 Å². The molecule has 0 bridgehead atoms. The Morgan fingerprint density at radius 2 is 1.70 bits per heavy atom. The summed E-state index contributed by atoms with van der Waals surface area (Å²) < 4.78 is 5.95. The van der Waals surface area contributed by atoms with Crippen molar-refractivity contribution in [2.24, 2.45) is 0 Å². The minimum atomic E-state index is -0.223. The average Bonchev–Trinajstić information content (AvgIpc) is 2.59. The van der Waals surface area contributed by atoms with E-state index in [0.717, 1.165) is 11.3 Å². The van der Waals surface area contributed by atoms with Crippen LogP contribution in [0.4, 0.5) is 5.69 Å². The van der Waals surface area contributed by atoms with Gasteiger partial charge in [0.15, 0.2) is 5.75 Å². The standard InChI is InChI=1S/C19H16N2O2/c1-14-7-2-4-10-17(14)23-18-11-5-3-9-16(18)21-19(22)15-8-6-12-20-13-15/h2-13H,1H3,(H,21,22). The molecule has 0 aliphatic heterocycles. The van der Waals surface area contributed by atoms with Crippen LogP contribution in [0.2, 0.25) is 0 Å². The van der Waals surface area contributed by atoms with Gasteiger partial charge in [0, 0.05) is 12.4 Å². The summed E-state index contributed by atoms with van der Waals surface area (Å²) in [7, 11) is 0. The van der Waals surface area contributed by atoms with E-state index in [1.54, 1.807) is 18.3 Å². The predicted octanol–water partition coefficient (Wildman–Crippen LogP) is 4.43. The van der Waals surface area contributed by atoms with Gasteiger partial charge in [-0.25, -0.2) is 0 Å². The van der Waals surface area contributed by atoms with Crippen LogP contribution in [0.15, 0.2) is 73.1 Å². The third-order valence-electron chi connectivity index (χ3n) is 3.37. The molecule has 0 radical (unpaired) electrons. The van der Waals surface area contributed by atoms with Gasteiger partial charge in [0.1, 0.15) is 5.75 Å². The van der Waals surface area contributed by atoms with E-state index in [-0.39, 0.29) is 5.91 Å². The summed E-state index contributed by atoms with van der Waals surface area (Å²) in [6.07, 6.45) is 3.16. The number of nitrogens with zero attached hydrogens (tertiary/aromatic N) is 1. The van der Waals surface area contributed by atoms with Gasteiger partial charge in [-0.15, -0.1) is 0 Å². The molecule has 1 amide bonds. The normalized spacial score (nSPS) is 10.1. The van der Waals surface area contributed by atoms with Crippen molar-refractivity contribution in [3.05, 3.63) is 84.2 Å². The molecule has 0 atom stereocenters. The second kappa shape index (κ2) is 6.75. The van der Waals surface area contributed by atoms with Crippen LogP contribution in [-0.2, 0) is 0 Å². The van der Waals surface area contributed by atoms with Crippen molar-refractivity contribution in [2.75, 3.05) is 5.32 Å². The first-order chi connectivity index (χ1) is 11.2. The fourth-order valence-corrected chi connectivity index (χ4v) is 2.14. The van der Waals surface area contributed by atoms with Crippen LogP contribution in [0, 0.1) is 6.92 Å². The summed E-state index contributed by atoms with van der Waals surface area (Å²) in [4.78, 5) is 16.2. The minimum absolute atomic E-state index is 0.223. The van der Waals surface area contributed by atoms with Gasteiger partial charge in [-0.05, 0) is 42.8 Å². The van der Waals surface area contributed by atoms with Crippen LogP contribution in [0.25, 0.3) is 0 Å². The molecule has 3 rings (SSSR count). The predicted molar refractivity (Wildman–Crippen MR) is 89.9 cm³/mol. The summed E-state index contributed by atoms with van der Waals surface area (Å²) in [5.41, 5.74) is 2.14. The van der Waals surface area contributed by atoms with Gasteiger partial charge >= 0.3 is 0 Å². The highest BCUT2D eigenvalue weighted by atomic mass is 16.5. The molecule has 0 fully saturated rings. The van der Waals surface area contributed by atoms with E-state index in [1.807, 2.05) is 55.5 Å². The Morgan fingerprint density at radius 3 is 2.43 bits per heavy atom. The SMILES string of the molecule is Cc1ccccc1Oc1ccccc1NC(=O)c1cccnc1. The number of aryl methyl sites for hydroxylation is 1. The number of amides is 1. The van der Waals surface area contributed by atoms with Crippen LogP contribution < -0.4 is 10.1 Å². The number of pyridine rings is 1. The van der Waals surface area contributed by atoms with Crippen molar-refractivity contribution < 1.29 is 9.53 Å². The molecule has 1 heterocycles. The lowest BCUT2D eigenvalue weighted by atomic mass is 10.2. The summed E-state index contributed by atoms with van der Waals surface area (Å²) in [6.45, 7) is 1.98. The molecular weight excluding hydrogens is 288 g/mol. The number of aromatic nitrogens is 1. The maximum absolute atomic E-state index is 12.3. The lowest BCUT2D eigenvalue weighted by Crippen LogP contribution is -2.12. The second-order valence-corrected chi connectivity index (χ2v) is 5.06. The average molecular weight is 304 g/mol. The maximum atomic E-state index is 12.3. The molecule has 0 saturated heterocycles. The summed E-state index contributed by atoms with van der Waals surface area (Å²) in [6, 6.07) is 18.5. The van der Waals surface area contributed by atoms with Crippen molar-refractivity contribution in [1.82, 2.24) is 4.98 Å². The Balaban J connectivity index is 1.84. The molecule has 23 heavy (non-hydrogen) atoms. The molecule has 0 spiro atoms. The number of benzene rings is 2. The molecule has 3 aromatic rings. The van der Waals surface area contributed by atoms with Gasteiger partial charge in [-0.2, -0.15) is 0 Å². The molecule has 2 aromatic carbocycles.